The van der Waals surface area contributed by atoms with Gasteiger partial charge in [-0.05, 0) is 100 Å². The summed E-state index contributed by atoms with van der Waals surface area (Å²) < 4.78 is 20.1. The Kier molecular flexibility index (Phi) is 8.18. The van der Waals surface area contributed by atoms with Crippen LogP contribution in [0.1, 0.15) is 0 Å². The lowest BCUT2D eigenvalue weighted by atomic mass is 9.91. The molecule has 0 aliphatic heterocycles. The standard InChI is InChI=1S/C60H37NO3/c1-3-12-38(13-4-1)40-22-28-43(29-23-40)61(44-30-24-41(25-31-44)39-14-5-2-6-15-39)45-32-26-42(27-33-45)56-47(49-19-11-18-48-46-16-7-9-20-52(46)63-59(48)49)34-35-51-58-55(64-60(51)56)37-36-54-57(58)50-17-8-10-21-53(50)62-54/h1-37H. The van der Waals surface area contributed by atoms with Gasteiger partial charge in [-0.2, -0.15) is 0 Å². The van der Waals surface area contributed by atoms with E-state index in [1.165, 1.54) is 22.3 Å². The number of hydrogen-bond acceptors (Lipinski definition) is 4. The van der Waals surface area contributed by atoms with E-state index in [1.807, 2.05) is 36.4 Å². The summed E-state index contributed by atoms with van der Waals surface area (Å²) in [4.78, 5) is 2.33. The number of para-hydroxylation sites is 3. The third-order valence-electron chi connectivity index (χ3n) is 12.7. The summed E-state index contributed by atoms with van der Waals surface area (Å²) >= 11 is 0. The fraction of sp³-hybridized carbons (Fsp3) is 0. The van der Waals surface area contributed by atoms with Crippen LogP contribution in [0.3, 0.4) is 0 Å². The van der Waals surface area contributed by atoms with Gasteiger partial charge in [-0.15, -0.1) is 0 Å². The average molecular weight is 820 g/mol. The van der Waals surface area contributed by atoms with Crippen molar-refractivity contribution in [2.75, 3.05) is 4.90 Å². The van der Waals surface area contributed by atoms with Crippen LogP contribution in [-0.2, 0) is 0 Å². The van der Waals surface area contributed by atoms with Crippen molar-refractivity contribution < 1.29 is 13.3 Å². The molecule has 0 bridgehead atoms. The highest BCUT2D eigenvalue weighted by Crippen LogP contribution is 2.48. The molecule has 13 aromatic rings. The smallest absolute Gasteiger partial charge is 0.143 e. The summed E-state index contributed by atoms with van der Waals surface area (Å²) in [5.74, 6) is 0. The van der Waals surface area contributed by atoms with Crippen molar-refractivity contribution >= 4 is 82.9 Å². The molecule has 64 heavy (non-hydrogen) atoms. The van der Waals surface area contributed by atoms with Crippen LogP contribution in [0.2, 0.25) is 0 Å². The minimum atomic E-state index is 0.815. The molecule has 0 amide bonds. The molecule has 0 N–H and O–H groups in total. The Balaban J connectivity index is 1.01. The summed E-state index contributed by atoms with van der Waals surface area (Å²) in [5.41, 5.74) is 17.0. The van der Waals surface area contributed by atoms with Crippen molar-refractivity contribution in [1.82, 2.24) is 0 Å². The van der Waals surface area contributed by atoms with Gasteiger partial charge in [0.1, 0.15) is 33.5 Å². The maximum absolute atomic E-state index is 7.03. The normalized spacial score (nSPS) is 11.8. The second-order valence-electron chi connectivity index (χ2n) is 16.4. The molecule has 3 heterocycles. The number of fused-ring (bicyclic) bond motifs is 10. The largest absolute Gasteiger partial charge is 0.456 e. The van der Waals surface area contributed by atoms with Gasteiger partial charge in [0.05, 0.1) is 0 Å². The molecule has 0 saturated heterocycles. The molecule has 0 spiro atoms. The first kappa shape index (κ1) is 36.1. The first-order valence-corrected chi connectivity index (χ1v) is 21.7. The molecular formula is C60H37NO3. The van der Waals surface area contributed by atoms with E-state index < -0.39 is 0 Å². The zero-order chi connectivity index (χ0) is 42.1. The molecule has 0 aliphatic rings. The molecule has 13 rings (SSSR count). The van der Waals surface area contributed by atoms with Gasteiger partial charge in [-0.1, -0.05) is 158 Å². The van der Waals surface area contributed by atoms with E-state index in [9.17, 15) is 0 Å². The molecule has 300 valence electrons. The van der Waals surface area contributed by atoms with E-state index in [0.29, 0.717) is 0 Å². The maximum Gasteiger partial charge on any atom is 0.143 e. The van der Waals surface area contributed by atoms with Crippen LogP contribution in [0, 0.1) is 0 Å². The maximum atomic E-state index is 7.03. The summed E-state index contributed by atoms with van der Waals surface area (Å²) in [5, 5.41) is 6.39. The highest BCUT2D eigenvalue weighted by atomic mass is 16.3. The first-order valence-electron chi connectivity index (χ1n) is 21.7. The molecule has 0 saturated carbocycles. The molecule has 0 aliphatic carbocycles. The zero-order valence-corrected chi connectivity index (χ0v) is 34.5. The highest BCUT2D eigenvalue weighted by Gasteiger charge is 2.24. The summed E-state index contributed by atoms with van der Waals surface area (Å²) in [6.45, 7) is 0. The quantitative estimate of drug-likeness (QED) is 0.161. The molecule has 4 heteroatoms. The molecule has 0 atom stereocenters. The number of rotatable bonds is 7. The number of anilines is 3. The van der Waals surface area contributed by atoms with E-state index in [2.05, 4.69) is 193 Å². The lowest BCUT2D eigenvalue weighted by Crippen LogP contribution is -2.09. The molecular weight excluding hydrogens is 783 g/mol. The van der Waals surface area contributed by atoms with Gasteiger partial charge in [0.15, 0.2) is 0 Å². The lowest BCUT2D eigenvalue weighted by molar-refractivity contribution is 0.663. The van der Waals surface area contributed by atoms with Crippen molar-refractivity contribution in [3.05, 3.63) is 224 Å². The predicted molar refractivity (Wildman–Crippen MR) is 265 cm³/mol. The van der Waals surface area contributed by atoms with Crippen molar-refractivity contribution in [3.63, 3.8) is 0 Å². The first-order chi connectivity index (χ1) is 31.7. The molecule has 3 aromatic heterocycles. The van der Waals surface area contributed by atoms with Crippen LogP contribution in [0.15, 0.2) is 238 Å². The fourth-order valence-electron chi connectivity index (χ4n) is 9.71. The Morgan fingerprint density at radius 1 is 0.250 bits per heavy atom. The lowest BCUT2D eigenvalue weighted by Gasteiger charge is -2.26. The minimum absolute atomic E-state index is 0.815. The SMILES string of the molecule is c1ccc(-c2ccc(N(c3ccc(-c4ccccc4)cc3)c3ccc(-c4c(-c5cccc6c5oc5ccccc56)ccc5c4oc4ccc6oc7ccccc7c6c45)cc3)cc2)cc1. The Morgan fingerprint density at radius 2 is 0.719 bits per heavy atom. The third kappa shape index (κ3) is 5.77. The topological polar surface area (TPSA) is 42.7 Å². The van der Waals surface area contributed by atoms with Crippen LogP contribution in [-0.4, -0.2) is 0 Å². The monoisotopic (exact) mass is 819 g/mol. The van der Waals surface area contributed by atoms with E-state index in [1.54, 1.807) is 0 Å². The number of nitrogens with zero attached hydrogens (tertiary/aromatic N) is 1. The van der Waals surface area contributed by atoms with Gasteiger partial charge in [0.2, 0.25) is 0 Å². The van der Waals surface area contributed by atoms with Gasteiger partial charge < -0.3 is 18.2 Å². The van der Waals surface area contributed by atoms with E-state index >= 15 is 0 Å². The predicted octanol–water partition coefficient (Wildman–Crippen LogP) is 17.5. The molecule has 0 radical (unpaired) electrons. The number of hydrogen-bond donors (Lipinski definition) is 0. The molecule has 0 unspecified atom stereocenters. The molecule has 10 aromatic carbocycles. The highest BCUT2D eigenvalue weighted by molar-refractivity contribution is 6.27. The fourth-order valence-corrected chi connectivity index (χ4v) is 9.71. The van der Waals surface area contributed by atoms with Gasteiger partial charge >= 0.3 is 0 Å². The number of benzene rings is 10. The second-order valence-corrected chi connectivity index (χ2v) is 16.4. The summed E-state index contributed by atoms with van der Waals surface area (Å²) in [7, 11) is 0. The van der Waals surface area contributed by atoms with Gasteiger partial charge in [-0.25, -0.2) is 0 Å². The second kappa shape index (κ2) is 14.5. The zero-order valence-electron chi connectivity index (χ0n) is 34.5. The van der Waals surface area contributed by atoms with Crippen LogP contribution in [0.25, 0.3) is 110 Å². The summed E-state index contributed by atoms with van der Waals surface area (Å²) in [6, 6.07) is 79.1. The Hall–Kier alpha value is -8.60. The van der Waals surface area contributed by atoms with Crippen molar-refractivity contribution in [3.8, 4) is 44.5 Å². The van der Waals surface area contributed by atoms with Crippen molar-refractivity contribution in [1.29, 1.82) is 0 Å². The van der Waals surface area contributed by atoms with Gasteiger partial charge in [0, 0.05) is 60.5 Å². The van der Waals surface area contributed by atoms with Crippen molar-refractivity contribution in [2.24, 2.45) is 0 Å². The van der Waals surface area contributed by atoms with Crippen LogP contribution in [0.5, 0.6) is 0 Å². The Labute approximate surface area is 368 Å². The molecule has 0 fully saturated rings. The van der Waals surface area contributed by atoms with Gasteiger partial charge in [-0.3, -0.25) is 0 Å². The Morgan fingerprint density at radius 3 is 1.34 bits per heavy atom. The van der Waals surface area contributed by atoms with E-state index in [4.69, 9.17) is 13.3 Å². The Bertz CT molecular complexity index is 3780. The van der Waals surface area contributed by atoms with E-state index in [0.717, 1.165) is 105 Å². The van der Waals surface area contributed by atoms with Gasteiger partial charge in [0.25, 0.3) is 0 Å². The van der Waals surface area contributed by atoms with E-state index in [-0.39, 0.29) is 0 Å². The van der Waals surface area contributed by atoms with Crippen LogP contribution >= 0.6 is 0 Å². The number of furan rings is 3. The average Bonchev–Trinajstić information content (AvgIpc) is 4.06. The molecule has 4 nitrogen and oxygen atoms in total. The minimum Gasteiger partial charge on any atom is -0.456 e. The summed E-state index contributed by atoms with van der Waals surface area (Å²) in [6.07, 6.45) is 0. The van der Waals surface area contributed by atoms with Crippen LogP contribution in [0.4, 0.5) is 17.1 Å². The van der Waals surface area contributed by atoms with Crippen LogP contribution < -0.4 is 4.90 Å². The third-order valence-corrected chi connectivity index (χ3v) is 12.7. The van der Waals surface area contributed by atoms with Crippen molar-refractivity contribution in [2.45, 2.75) is 0 Å².